The molecule has 0 radical (unpaired) electrons. The summed E-state index contributed by atoms with van der Waals surface area (Å²) in [6.45, 7) is 13.4. The largest absolute Gasteiger partial charge is 0.0996 e. The van der Waals surface area contributed by atoms with E-state index in [2.05, 4.69) is 34.3 Å². The van der Waals surface area contributed by atoms with Crippen molar-refractivity contribution >= 4 is 0 Å². The Morgan fingerprint density at radius 1 is 1.38 bits per heavy atom. The van der Waals surface area contributed by atoms with Gasteiger partial charge in [-0.15, -0.1) is 0 Å². The molecule has 1 saturated carbocycles. The molecule has 76 valence electrons. The van der Waals surface area contributed by atoms with Crippen molar-refractivity contribution in [2.24, 2.45) is 23.7 Å². The summed E-state index contributed by atoms with van der Waals surface area (Å²) in [6.07, 6.45) is 3.99. The number of hydrogen-bond donors (Lipinski definition) is 0. The molecule has 3 atom stereocenters. The standard InChI is InChI=1S/C13H24/c1-6-10(4)11(5)7-12-8-13(12)9(2)3/h9-10,12-13H,5-8H2,1-4H3. The third-order valence-corrected chi connectivity index (χ3v) is 3.67. The topological polar surface area (TPSA) is 0 Å². The summed E-state index contributed by atoms with van der Waals surface area (Å²) in [5.41, 5.74) is 1.48. The van der Waals surface area contributed by atoms with E-state index in [9.17, 15) is 0 Å². The molecule has 0 heteroatoms. The molecule has 0 heterocycles. The highest BCUT2D eigenvalue weighted by molar-refractivity contribution is 5.05. The van der Waals surface area contributed by atoms with Crippen molar-refractivity contribution in [3.8, 4) is 0 Å². The van der Waals surface area contributed by atoms with Crippen LogP contribution in [0.1, 0.15) is 47.0 Å². The summed E-state index contributed by atoms with van der Waals surface area (Å²) in [5.74, 6) is 3.59. The van der Waals surface area contributed by atoms with Gasteiger partial charge >= 0.3 is 0 Å². The first-order chi connectivity index (χ1) is 6.06. The molecule has 3 unspecified atom stereocenters. The van der Waals surface area contributed by atoms with Crippen LogP contribution in [0.5, 0.6) is 0 Å². The second-order valence-corrected chi connectivity index (χ2v) is 5.08. The second kappa shape index (κ2) is 4.30. The molecule has 13 heavy (non-hydrogen) atoms. The number of hydrogen-bond acceptors (Lipinski definition) is 0. The van der Waals surface area contributed by atoms with E-state index < -0.39 is 0 Å². The van der Waals surface area contributed by atoms with Crippen LogP contribution in [0.15, 0.2) is 12.2 Å². The van der Waals surface area contributed by atoms with Crippen molar-refractivity contribution < 1.29 is 0 Å². The molecule has 0 saturated heterocycles. The van der Waals surface area contributed by atoms with E-state index in [1.807, 2.05) is 0 Å². The molecule has 1 aliphatic rings. The van der Waals surface area contributed by atoms with Crippen molar-refractivity contribution in [1.29, 1.82) is 0 Å². The van der Waals surface area contributed by atoms with E-state index in [0.29, 0.717) is 0 Å². The zero-order valence-corrected chi connectivity index (χ0v) is 9.64. The van der Waals surface area contributed by atoms with Crippen LogP contribution in [0.2, 0.25) is 0 Å². The molecule has 0 bridgehead atoms. The monoisotopic (exact) mass is 180 g/mol. The Bertz CT molecular complexity index is 178. The Balaban J connectivity index is 2.24. The van der Waals surface area contributed by atoms with Gasteiger partial charge < -0.3 is 0 Å². The highest BCUT2D eigenvalue weighted by atomic mass is 14.4. The normalized spacial score (nSPS) is 29.0. The molecular formula is C13H24. The van der Waals surface area contributed by atoms with Gasteiger partial charge in [0, 0.05) is 0 Å². The lowest BCUT2D eigenvalue weighted by Crippen LogP contribution is -2.00. The summed E-state index contributed by atoms with van der Waals surface area (Å²) >= 11 is 0. The lowest BCUT2D eigenvalue weighted by Gasteiger charge is -2.12. The van der Waals surface area contributed by atoms with Crippen LogP contribution in [0.25, 0.3) is 0 Å². The molecule has 1 fully saturated rings. The minimum absolute atomic E-state index is 0.730. The van der Waals surface area contributed by atoms with Crippen molar-refractivity contribution in [1.82, 2.24) is 0 Å². The molecular weight excluding hydrogens is 156 g/mol. The van der Waals surface area contributed by atoms with Crippen LogP contribution in [0.4, 0.5) is 0 Å². The van der Waals surface area contributed by atoms with Crippen LogP contribution in [0, 0.1) is 23.7 Å². The van der Waals surface area contributed by atoms with E-state index in [1.54, 1.807) is 0 Å². The lowest BCUT2D eigenvalue weighted by molar-refractivity contribution is 0.502. The molecule has 0 nitrogen and oxygen atoms in total. The van der Waals surface area contributed by atoms with Crippen LogP contribution >= 0.6 is 0 Å². The highest BCUT2D eigenvalue weighted by Gasteiger charge is 2.39. The van der Waals surface area contributed by atoms with Gasteiger partial charge in [0.1, 0.15) is 0 Å². The maximum atomic E-state index is 4.20. The average Bonchev–Trinajstić information content (AvgIpc) is 2.82. The second-order valence-electron chi connectivity index (χ2n) is 5.08. The van der Waals surface area contributed by atoms with E-state index >= 15 is 0 Å². The fourth-order valence-corrected chi connectivity index (χ4v) is 2.15. The van der Waals surface area contributed by atoms with Crippen molar-refractivity contribution in [3.63, 3.8) is 0 Å². The average molecular weight is 180 g/mol. The third-order valence-electron chi connectivity index (χ3n) is 3.67. The van der Waals surface area contributed by atoms with E-state index in [-0.39, 0.29) is 0 Å². The van der Waals surface area contributed by atoms with Gasteiger partial charge in [0.25, 0.3) is 0 Å². The molecule has 0 spiro atoms. The van der Waals surface area contributed by atoms with Crippen LogP contribution < -0.4 is 0 Å². The molecule has 0 amide bonds. The van der Waals surface area contributed by atoms with Gasteiger partial charge in [-0.3, -0.25) is 0 Å². The lowest BCUT2D eigenvalue weighted by atomic mass is 9.94. The molecule has 1 rings (SSSR count). The molecule has 0 aliphatic heterocycles. The Hall–Kier alpha value is -0.260. The van der Waals surface area contributed by atoms with Gasteiger partial charge in [-0.05, 0) is 42.9 Å². The predicted octanol–water partition coefficient (Wildman–Crippen LogP) is 4.27. The summed E-state index contributed by atoms with van der Waals surface area (Å²) < 4.78 is 0. The van der Waals surface area contributed by atoms with Crippen molar-refractivity contribution in [3.05, 3.63) is 12.2 Å². The zero-order valence-electron chi connectivity index (χ0n) is 9.64. The Morgan fingerprint density at radius 3 is 2.38 bits per heavy atom. The van der Waals surface area contributed by atoms with Gasteiger partial charge in [0.2, 0.25) is 0 Å². The van der Waals surface area contributed by atoms with Gasteiger partial charge in [0.15, 0.2) is 0 Å². The molecule has 0 N–H and O–H groups in total. The molecule has 0 aromatic heterocycles. The first-order valence-corrected chi connectivity index (χ1v) is 5.73. The smallest absolute Gasteiger partial charge is 0.0237 e. The number of rotatable bonds is 5. The quantitative estimate of drug-likeness (QED) is 0.554. The Kier molecular flexibility index (Phi) is 3.58. The van der Waals surface area contributed by atoms with E-state index in [1.165, 1.54) is 24.8 Å². The maximum absolute atomic E-state index is 4.20. The fraction of sp³-hybridized carbons (Fsp3) is 0.846. The Morgan fingerprint density at radius 2 is 2.00 bits per heavy atom. The molecule has 0 aromatic carbocycles. The zero-order chi connectivity index (χ0) is 10.0. The molecule has 0 aromatic rings. The summed E-state index contributed by atoms with van der Waals surface area (Å²) in [5, 5.41) is 0. The first-order valence-electron chi connectivity index (χ1n) is 5.73. The van der Waals surface area contributed by atoms with Gasteiger partial charge in [-0.1, -0.05) is 39.8 Å². The van der Waals surface area contributed by atoms with E-state index in [0.717, 1.165) is 23.7 Å². The van der Waals surface area contributed by atoms with Crippen LogP contribution in [-0.4, -0.2) is 0 Å². The van der Waals surface area contributed by atoms with Gasteiger partial charge in [-0.25, -0.2) is 0 Å². The first kappa shape index (κ1) is 10.8. The Labute approximate surface area is 83.4 Å². The summed E-state index contributed by atoms with van der Waals surface area (Å²) in [7, 11) is 0. The van der Waals surface area contributed by atoms with Crippen LogP contribution in [0.3, 0.4) is 0 Å². The molecule has 1 aliphatic carbocycles. The van der Waals surface area contributed by atoms with Crippen molar-refractivity contribution in [2.75, 3.05) is 0 Å². The minimum atomic E-state index is 0.730. The maximum Gasteiger partial charge on any atom is -0.0237 e. The number of allylic oxidation sites excluding steroid dienone is 1. The van der Waals surface area contributed by atoms with Crippen LogP contribution in [-0.2, 0) is 0 Å². The van der Waals surface area contributed by atoms with Gasteiger partial charge in [0.05, 0.1) is 0 Å². The SMILES string of the molecule is C=C(CC1CC1C(C)C)C(C)CC. The fourth-order valence-electron chi connectivity index (χ4n) is 2.15. The summed E-state index contributed by atoms with van der Waals surface area (Å²) in [6, 6.07) is 0. The van der Waals surface area contributed by atoms with Crippen molar-refractivity contribution in [2.45, 2.75) is 47.0 Å². The minimum Gasteiger partial charge on any atom is -0.0996 e. The van der Waals surface area contributed by atoms with Gasteiger partial charge in [-0.2, -0.15) is 0 Å². The third kappa shape index (κ3) is 2.86. The highest BCUT2D eigenvalue weighted by Crippen LogP contribution is 2.48. The summed E-state index contributed by atoms with van der Waals surface area (Å²) in [4.78, 5) is 0. The predicted molar refractivity (Wildman–Crippen MR) is 59.6 cm³/mol. The van der Waals surface area contributed by atoms with E-state index in [4.69, 9.17) is 0 Å².